The summed E-state index contributed by atoms with van der Waals surface area (Å²) in [6.45, 7) is -0.868. The number of aliphatic hydroxyl groups is 1. The lowest BCUT2D eigenvalue weighted by Crippen LogP contribution is -2.29. The Labute approximate surface area is 181 Å². The molecule has 1 saturated heterocycles. The molecule has 0 aromatic carbocycles. The maximum atomic E-state index is 12.1. The summed E-state index contributed by atoms with van der Waals surface area (Å²) in [5, 5.41) is 10.1. The molecule has 6 atom stereocenters. The number of ether oxygens (including phenoxy) is 1. The van der Waals surface area contributed by atoms with Crippen LogP contribution in [0.1, 0.15) is 12.6 Å². The highest BCUT2D eigenvalue weighted by Crippen LogP contribution is 2.64. The highest BCUT2D eigenvalue weighted by Gasteiger charge is 2.40. The van der Waals surface area contributed by atoms with E-state index in [-0.39, 0.29) is 12.2 Å². The van der Waals surface area contributed by atoms with Crippen LogP contribution in [0.15, 0.2) is 15.9 Å². The van der Waals surface area contributed by atoms with Gasteiger partial charge in [0.1, 0.15) is 18.1 Å². The van der Waals surface area contributed by atoms with Crippen molar-refractivity contribution in [2.24, 2.45) is 0 Å². The van der Waals surface area contributed by atoms with E-state index in [9.17, 15) is 33.4 Å². The van der Waals surface area contributed by atoms with Crippen molar-refractivity contribution in [1.29, 1.82) is 0 Å². The maximum Gasteiger partial charge on any atom is 0.638 e. The van der Waals surface area contributed by atoms with Crippen LogP contribution in [0, 0.1) is 0 Å². The SMILES string of the molecule is CSSc1cn([C@H]2CC(O)[C@@H](COP(=O)(O)OP(=O)([O-])OP(=O)(O)[OH2+])O2)c(=O)nc1N. The van der Waals surface area contributed by atoms with Gasteiger partial charge in [0, 0.05) is 12.6 Å². The average Bonchev–Trinajstić information content (AvgIpc) is 2.93. The molecule has 1 aliphatic heterocycles. The third-order valence-electron chi connectivity index (χ3n) is 3.45. The monoisotopic (exact) mass is 545 g/mol. The van der Waals surface area contributed by atoms with E-state index in [1.54, 1.807) is 6.26 Å². The Morgan fingerprint density at radius 3 is 2.65 bits per heavy atom. The second kappa shape index (κ2) is 10.3. The summed E-state index contributed by atoms with van der Waals surface area (Å²) < 4.78 is 51.6. The first-order chi connectivity index (χ1) is 14.1. The highest BCUT2D eigenvalue weighted by atomic mass is 33.1. The summed E-state index contributed by atoms with van der Waals surface area (Å²) in [6.07, 6.45) is -0.634. The molecule has 178 valence electrons. The van der Waals surface area contributed by atoms with Gasteiger partial charge in [-0.05, 0) is 6.26 Å². The van der Waals surface area contributed by atoms with E-state index in [4.69, 9.17) is 20.3 Å². The Hall–Kier alpha value is -0.290. The fourth-order valence-electron chi connectivity index (χ4n) is 2.33. The zero-order valence-electron chi connectivity index (χ0n) is 15.4. The Bertz CT molecular complexity index is 1000. The molecule has 1 aromatic heterocycles. The lowest BCUT2D eigenvalue weighted by molar-refractivity contribution is -0.211. The molecule has 2 rings (SSSR count). The molecule has 0 amide bonds. The van der Waals surface area contributed by atoms with E-state index >= 15 is 0 Å². The van der Waals surface area contributed by atoms with E-state index in [1.807, 2.05) is 0 Å². The summed E-state index contributed by atoms with van der Waals surface area (Å²) in [5.74, 6) is 0.00163. The topological polar surface area (TPSA) is 256 Å². The number of phosphoric acid groups is 2. The number of nitrogens with two attached hydrogens (primary N) is 1. The molecule has 4 unspecified atom stereocenters. The summed E-state index contributed by atoms with van der Waals surface area (Å²) in [4.78, 5) is 52.0. The van der Waals surface area contributed by atoms with Crippen LogP contribution in [0.4, 0.5) is 5.82 Å². The van der Waals surface area contributed by atoms with Gasteiger partial charge in [-0.15, -0.1) is 0 Å². The van der Waals surface area contributed by atoms with Crippen molar-refractivity contribution in [3.63, 3.8) is 0 Å². The zero-order valence-corrected chi connectivity index (χ0v) is 19.7. The van der Waals surface area contributed by atoms with Gasteiger partial charge in [-0.1, -0.05) is 21.6 Å². The molecule has 0 aliphatic carbocycles. The molecule has 21 heteroatoms. The molecule has 2 heterocycles. The van der Waals surface area contributed by atoms with Crippen LogP contribution in [0.3, 0.4) is 0 Å². The molecule has 7 N–H and O–H groups in total. The molecule has 0 saturated carbocycles. The molecular weight excluding hydrogens is 527 g/mol. The molecule has 1 aliphatic rings. The second-order valence-corrected chi connectivity index (χ2v) is 12.6. The average molecular weight is 545 g/mol. The number of phosphoric ester groups is 1. The quantitative estimate of drug-likeness (QED) is 0.161. The van der Waals surface area contributed by atoms with E-state index < -0.39 is 54.2 Å². The highest BCUT2D eigenvalue weighted by molar-refractivity contribution is 8.76. The van der Waals surface area contributed by atoms with Crippen molar-refractivity contribution in [3.8, 4) is 0 Å². The van der Waals surface area contributed by atoms with E-state index in [2.05, 4.69) is 18.1 Å². The lowest BCUT2D eigenvalue weighted by Gasteiger charge is -2.23. The zero-order chi connectivity index (χ0) is 23.6. The van der Waals surface area contributed by atoms with Crippen LogP contribution in [0.5, 0.6) is 0 Å². The summed E-state index contributed by atoms with van der Waals surface area (Å²) in [7, 11) is -14.0. The van der Waals surface area contributed by atoms with Crippen molar-refractivity contribution >= 4 is 50.9 Å². The Balaban J connectivity index is 2.05. The molecule has 31 heavy (non-hydrogen) atoms. The van der Waals surface area contributed by atoms with Crippen molar-refractivity contribution in [3.05, 3.63) is 16.7 Å². The van der Waals surface area contributed by atoms with Crippen LogP contribution < -0.4 is 16.3 Å². The first-order valence-corrected chi connectivity index (χ1v) is 14.9. The maximum absolute atomic E-state index is 12.1. The molecule has 0 spiro atoms. The van der Waals surface area contributed by atoms with Gasteiger partial charge in [0.2, 0.25) is 0 Å². The van der Waals surface area contributed by atoms with Gasteiger partial charge >= 0.3 is 21.3 Å². The van der Waals surface area contributed by atoms with Crippen LogP contribution in [0.25, 0.3) is 0 Å². The summed E-state index contributed by atoms with van der Waals surface area (Å²) in [5.41, 5.74) is 4.90. The first-order valence-electron chi connectivity index (χ1n) is 7.84. The minimum Gasteiger partial charge on any atom is -0.755 e. The van der Waals surface area contributed by atoms with Crippen molar-refractivity contribution in [2.75, 3.05) is 18.6 Å². The number of nitrogen functional groups attached to an aromatic ring is 1. The van der Waals surface area contributed by atoms with E-state index in [0.717, 1.165) is 4.57 Å². The Kier molecular flexibility index (Phi) is 8.98. The van der Waals surface area contributed by atoms with Crippen LogP contribution in [-0.4, -0.2) is 54.4 Å². The molecule has 0 bridgehead atoms. The predicted molar refractivity (Wildman–Crippen MR) is 106 cm³/mol. The van der Waals surface area contributed by atoms with Crippen molar-refractivity contribution in [2.45, 2.75) is 29.8 Å². The van der Waals surface area contributed by atoms with E-state index in [0.29, 0.717) is 4.90 Å². The van der Waals surface area contributed by atoms with Crippen LogP contribution in [0.2, 0.25) is 0 Å². The van der Waals surface area contributed by atoms with Gasteiger partial charge < -0.3 is 30.3 Å². The smallest absolute Gasteiger partial charge is 0.638 e. The standard InChI is InChI=1S/C10H18N3O13P3S2/c1-30-31-7-3-13(10(15)12-9(7)11)8-2-5(14)6(24-8)4-23-28(19,20)26-29(21,22)25-27(16,17)18/h3,5-6,8,14H,2,4H2,1H3,(H,19,20)(H,21,22)(H2,11,12,15)(H2,16,17,18)/t5?,6-,8-/m1/s1. The van der Waals surface area contributed by atoms with Gasteiger partial charge in [0.25, 0.3) is 7.82 Å². The van der Waals surface area contributed by atoms with E-state index in [1.165, 1.54) is 27.8 Å². The number of aromatic nitrogens is 2. The van der Waals surface area contributed by atoms with Crippen LogP contribution >= 0.6 is 45.1 Å². The summed E-state index contributed by atoms with van der Waals surface area (Å²) in [6, 6.07) is 0. The van der Waals surface area contributed by atoms with Gasteiger partial charge in [-0.3, -0.25) is 18.5 Å². The molecule has 1 fully saturated rings. The molecule has 1 aromatic rings. The third-order valence-corrected chi connectivity index (χ3v) is 8.93. The number of hydrogen-bond donors (Lipinski definition) is 4. The fraction of sp³-hybridized carbons (Fsp3) is 0.600. The number of nitrogens with zero attached hydrogens (tertiary/aromatic N) is 2. The number of rotatable bonds is 10. The van der Waals surface area contributed by atoms with Crippen molar-refractivity contribution in [1.82, 2.24) is 9.55 Å². The fourth-order valence-corrected chi connectivity index (χ4v) is 6.73. The molecule has 0 radical (unpaired) electrons. The minimum atomic E-state index is -5.86. The number of aliphatic hydroxyl groups excluding tert-OH is 1. The number of anilines is 1. The minimum absolute atomic E-state index is 0.00163. The van der Waals surface area contributed by atoms with Crippen molar-refractivity contribution < 1.29 is 56.3 Å². The van der Waals surface area contributed by atoms with Gasteiger partial charge in [-0.2, -0.15) is 13.9 Å². The third kappa shape index (κ3) is 8.21. The Morgan fingerprint density at radius 2 is 2.06 bits per heavy atom. The predicted octanol–water partition coefficient (Wildman–Crippen LogP) is -0.712. The van der Waals surface area contributed by atoms with Crippen LogP contribution in [-0.2, 0) is 31.6 Å². The summed E-state index contributed by atoms with van der Waals surface area (Å²) >= 11 is 0. The van der Waals surface area contributed by atoms with Gasteiger partial charge in [-0.25, -0.2) is 13.7 Å². The van der Waals surface area contributed by atoms with Gasteiger partial charge in [0.05, 0.1) is 17.6 Å². The largest absolute Gasteiger partial charge is 0.755 e. The Morgan fingerprint density at radius 1 is 1.42 bits per heavy atom. The first kappa shape index (κ1) is 27.0. The lowest BCUT2D eigenvalue weighted by atomic mass is 10.2. The van der Waals surface area contributed by atoms with Gasteiger partial charge in [0.15, 0.2) is 0 Å². The second-order valence-electron chi connectivity index (χ2n) is 5.76. The molecule has 16 nitrogen and oxygen atoms in total. The molecular formula is C10H18N3O13P3S2. The normalized spacial score (nSPS) is 27.4. The number of hydrogen-bond acceptors (Lipinski definition) is 14.